The lowest BCUT2D eigenvalue weighted by Gasteiger charge is -2.18. The van der Waals surface area contributed by atoms with E-state index in [-0.39, 0.29) is 5.91 Å². The van der Waals surface area contributed by atoms with E-state index >= 15 is 0 Å². The zero-order chi connectivity index (χ0) is 20.8. The van der Waals surface area contributed by atoms with Crippen molar-refractivity contribution in [1.29, 1.82) is 0 Å². The lowest BCUT2D eigenvalue weighted by atomic mass is 10.2. The van der Waals surface area contributed by atoms with Crippen molar-refractivity contribution in [3.8, 4) is 0 Å². The van der Waals surface area contributed by atoms with Gasteiger partial charge in [-0.3, -0.25) is 4.79 Å². The van der Waals surface area contributed by atoms with E-state index in [0.29, 0.717) is 26.5 Å². The van der Waals surface area contributed by atoms with Gasteiger partial charge in [-0.1, -0.05) is 35.1 Å². The molecule has 29 heavy (non-hydrogen) atoms. The standard InChI is InChI=1S/C19H22ClN7OS/c1-12-5-4-6-13(20)17(12)26-18(28)14-10-22-19(29-14)25-15-9-16(24-11-23-15)27(3)8-7-21-2/h4-6,9-11,21H,7-8H2,1-3H3,(H,26,28)(H,22,23,24,25). The Labute approximate surface area is 178 Å². The van der Waals surface area contributed by atoms with E-state index < -0.39 is 0 Å². The number of rotatable bonds is 8. The molecule has 0 saturated heterocycles. The number of nitrogens with one attached hydrogen (secondary N) is 3. The summed E-state index contributed by atoms with van der Waals surface area (Å²) in [5, 5.41) is 10.1. The number of carbonyl (C=O) groups is 1. The van der Waals surface area contributed by atoms with Crippen molar-refractivity contribution < 1.29 is 4.79 Å². The van der Waals surface area contributed by atoms with Crippen molar-refractivity contribution in [3.63, 3.8) is 0 Å². The zero-order valence-corrected chi connectivity index (χ0v) is 17.9. The molecule has 3 aromatic rings. The lowest BCUT2D eigenvalue weighted by Crippen LogP contribution is -2.27. The van der Waals surface area contributed by atoms with Crippen LogP contribution in [-0.4, -0.2) is 48.0 Å². The van der Waals surface area contributed by atoms with Gasteiger partial charge in [0.05, 0.1) is 16.9 Å². The zero-order valence-electron chi connectivity index (χ0n) is 16.4. The van der Waals surface area contributed by atoms with Gasteiger partial charge >= 0.3 is 0 Å². The van der Waals surface area contributed by atoms with Crippen LogP contribution in [0.3, 0.4) is 0 Å². The first-order valence-corrected chi connectivity index (χ1v) is 10.1. The Morgan fingerprint density at radius 3 is 2.86 bits per heavy atom. The summed E-state index contributed by atoms with van der Waals surface area (Å²) in [7, 11) is 3.87. The third-order valence-corrected chi connectivity index (χ3v) is 5.39. The second kappa shape index (κ2) is 9.64. The number of thiazole rings is 1. The molecule has 0 aliphatic heterocycles. The number of para-hydroxylation sites is 1. The van der Waals surface area contributed by atoms with Gasteiger partial charge in [-0.2, -0.15) is 0 Å². The van der Waals surface area contributed by atoms with E-state index in [4.69, 9.17) is 11.6 Å². The van der Waals surface area contributed by atoms with Gasteiger partial charge in [-0.15, -0.1) is 0 Å². The van der Waals surface area contributed by atoms with Crippen molar-refractivity contribution in [2.24, 2.45) is 0 Å². The minimum atomic E-state index is -0.262. The molecule has 0 aliphatic carbocycles. The Morgan fingerprint density at radius 1 is 1.28 bits per heavy atom. The Bertz CT molecular complexity index is 974. The topological polar surface area (TPSA) is 95.1 Å². The van der Waals surface area contributed by atoms with Gasteiger partial charge in [0.25, 0.3) is 5.91 Å². The highest BCUT2D eigenvalue weighted by Crippen LogP contribution is 2.28. The van der Waals surface area contributed by atoms with Crippen LogP contribution in [0, 0.1) is 6.92 Å². The number of likely N-dealkylation sites (N-methyl/N-ethyl adjacent to an activating group) is 2. The van der Waals surface area contributed by atoms with Gasteiger partial charge in [0.1, 0.15) is 22.8 Å². The van der Waals surface area contributed by atoms with Gasteiger partial charge in [-0.25, -0.2) is 15.0 Å². The Balaban J connectivity index is 1.68. The average molecular weight is 432 g/mol. The number of anilines is 4. The fourth-order valence-corrected chi connectivity index (χ4v) is 3.52. The molecule has 0 fully saturated rings. The predicted molar refractivity (Wildman–Crippen MR) is 119 cm³/mol. The van der Waals surface area contributed by atoms with Crippen LogP contribution < -0.4 is 20.9 Å². The minimum absolute atomic E-state index is 0.262. The molecule has 0 aliphatic rings. The number of aryl methyl sites for hydroxylation is 1. The first-order chi connectivity index (χ1) is 14.0. The number of hydrogen-bond donors (Lipinski definition) is 3. The van der Waals surface area contributed by atoms with Crippen LogP contribution in [-0.2, 0) is 0 Å². The summed E-state index contributed by atoms with van der Waals surface area (Å²) >= 11 is 7.42. The predicted octanol–water partition coefficient (Wildman–Crippen LogP) is 3.55. The van der Waals surface area contributed by atoms with Gasteiger partial charge in [0.2, 0.25) is 0 Å². The SMILES string of the molecule is CNCCN(C)c1cc(Nc2ncc(C(=O)Nc3c(C)cccc3Cl)s2)ncn1. The van der Waals surface area contributed by atoms with Crippen molar-refractivity contribution in [1.82, 2.24) is 20.3 Å². The molecule has 2 aromatic heterocycles. The second-order valence-electron chi connectivity index (χ2n) is 6.33. The first-order valence-electron chi connectivity index (χ1n) is 8.95. The van der Waals surface area contributed by atoms with Crippen LogP contribution >= 0.6 is 22.9 Å². The van der Waals surface area contributed by atoms with E-state index in [1.807, 2.05) is 44.1 Å². The smallest absolute Gasteiger partial charge is 0.267 e. The van der Waals surface area contributed by atoms with E-state index in [9.17, 15) is 4.79 Å². The van der Waals surface area contributed by atoms with Gasteiger partial charge in [0, 0.05) is 26.2 Å². The summed E-state index contributed by atoms with van der Waals surface area (Å²) in [6.07, 6.45) is 3.02. The highest BCUT2D eigenvalue weighted by molar-refractivity contribution is 7.17. The molecule has 0 radical (unpaired) electrons. The fraction of sp³-hybridized carbons (Fsp3) is 0.263. The highest BCUT2D eigenvalue weighted by atomic mass is 35.5. The quantitative estimate of drug-likeness (QED) is 0.502. The van der Waals surface area contributed by atoms with E-state index in [0.717, 1.165) is 24.5 Å². The molecule has 3 rings (SSSR count). The number of halogens is 1. The van der Waals surface area contributed by atoms with Crippen molar-refractivity contribution >= 4 is 51.3 Å². The third kappa shape index (κ3) is 5.41. The highest BCUT2D eigenvalue weighted by Gasteiger charge is 2.14. The maximum atomic E-state index is 12.6. The molecule has 10 heteroatoms. The molecule has 2 heterocycles. The van der Waals surface area contributed by atoms with Gasteiger partial charge in [0.15, 0.2) is 5.13 Å². The van der Waals surface area contributed by atoms with Gasteiger partial charge < -0.3 is 20.9 Å². The van der Waals surface area contributed by atoms with Crippen LogP contribution in [0.4, 0.5) is 22.5 Å². The normalized spacial score (nSPS) is 10.6. The number of benzene rings is 1. The monoisotopic (exact) mass is 431 g/mol. The molecule has 1 amide bonds. The molecule has 0 saturated carbocycles. The maximum Gasteiger partial charge on any atom is 0.267 e. The van der Waals surface area contributed by atoms with Crippen LogP contribution in [0.25, 0.3) is 0 Å². The van der Waals surface area contributed by atoms with Gasteiger partial charge in [-0.05, 0) is 25.6 Å². The summed E-state index contributed by atoms with van der Waals surface area (Å²) in [6.45, 7) is 3.55. The number of aromatic nitrogens is 3. The fourth-order valence-electron chi connectivity index (χ4n) is 2.53. The molecule has 0 spiro atoms. The summed E-state index contributed by atoms with van der Waals surface area (Å²) in [6, 6.07) is 7.31. The third-order valence-electron chi connectivity index (χ3n) is 4.17. The molecular weight excluding hydrogens is 410 g/mol. The summed E-state index contributed by atoms with van der Waals surface area (Å²) in [4.78, 5) is 27.8. The Hall–Kier alpha value is -2.75. The molecule has 1 aromatic carbocycles. The molecule has 0 atom stereocenters. The Morgan fingerprint density at radius 2 is 2.10 bits per heavy atom. The number of hydrogen-bond acceptors (Lipinski definition) is 8. The average Bonchev–Trinajstić information content (AvgIpc) is 3.17. The summed E-state index contributed by atoms with van der Waals surface area (Å²) in [5.41, 5.74) is 1.50. The van der Waals surface area contributed by atoms with E-state index in [2.05, 4.69) is 30.9 Å². The second-order valence-corrected chi connectivity index (χ2v) is 7.76. The minimum Gasteiger partial charge on any atom is -0.358 e. The molecule has 8 nitrogen and oxygen atoms in total. The van der Waals surface area contributed by atoms with Crippen LogP contribution in [0.15, 0.2) is 36.8 Å². The molecule has 0 unspecified atom stereocenters. The van der Waals surface area contributed by atoms with Crippen molar-refractivity contribution in [2.45, 2.75) is 6.92 Å². The van der Waals surface area contributed by atoms with Crippen molar-refractivity contribution in [2.75, 3.05) is 42.7 Å². The molecule has 3 N–H and O–H groups in total. The number of amides is 1. The molecular formula is C19H22ClN7OS. The lowest BCUT2D eigenvalue weighted by molar-refractivity contribution is 0.103. The largest absolute Gasteiger partial charge is 0.358 e. The van der Waals surface area contributed by atoms with E-state index in [1.54, 1.807) is 6.07 Å². The number of nitrogens with zero attached hydrogens (tertiary/aromatic N) is 4. The summed E-state index contributed by atoms with van der Waals surface area (Å²) in [5.74, 6) is 1.14. The van der Waals surface area contributed by atoms with Crippen molar-refractivity contribution in [3.05, 3.63) is 52.3 Å². The van der Waals surface area contributed by atoms with Crippen LogP contribution in [0.1, 0.15) is 15.2 Å². The Kier molecular flexibility index (Phi) is 6.97. The molecule has 152 valence electrons. The van der Waals surface area contributed by atoms with Crippen LogP contribution in [0.2, 0.25) is 5.02 Å². The molecule has 0 bridgehead atoms. The summed E-state index contributed by atoms with van der Waals surface area (Å²) < 4.78 is 0. The number of carbonyl (C=O) groups excluding carboxylic acids is 1. The van der Waals surface area contributed by atoms with Crippen LogP contribution in [0.5, 0.6) is 0 Å². The maximum absolute atomic E-state index is 12.6. The van der Waals surface area contributed by atoms with E-state index in [1.165, 1.54) is 23.9 Å². The first kappa shape index (κ1) is 21.0.